The first kappa shape index (κ1) is 17.6. The normalized spacial score (nSPS) is 24.3. The monoisotopic (exact) mass is 322 g/mol. The fourth-order valence-corrected chi connectivity index (χ4v) is 3.07. The predicted molar refractivity (Wildman–Crippen MR) is 86.3 cm³/mol. The fourth-order valence-electron chi connectivity index (χ4n) is 3.07. The molecule has 1 aliphatic rings. The Morgan fingerprint density at radius 2 is 2.04 bits per heavy atom. The Bertz CT molecular complexity index is 528. The van der Waals surface area contributed by atoms with Crippen LogP contribution in [-0.2, 0) is 14.3 Å². The molecule has 0 saturated carbocycles. The largest absolute Gasteiger partial charge is 0.504 e. The Morgan fingerprint density at radius 1 is 1.26 bits per heavy atom. The molecule has 0 unspecified atom stereocenters. The average Bonchev–Trinajstić information content (AvgIpc) is 2.49. The molecule has 0 spiro atoms. The van der Waals surface area contributed by atoms with E-state index in [0.717, 1.165) is 31.2 Å². The number of carbonyl (C=O) groups is 1. The summed E-state index contributed by atoms with van der Waals surface area (Å²) in [6.45, 7) is 3.58. The molecular formula is C18H26O5. The van der Waals surface area contributed by atoms with Crippen LogP contribution < -0.4 is 0 Å². The lowest BCUT2D eigenvalue weighted by Crippen LogP contribution is -2.34. The summed E-state index contributed by atoms with van der Waals surface area (Å²) in [6, 6.07) is 4.70. The number of unbranched alkanes of at least 4 members (excludes halogenated alkanes) is 2. The molecule has 5 heteroatoms. The standard InChI is InChI=1S/C18H26O5/c1-3-4-5-6-14-10-15(22-12(2)19)11-18(23-14)13-7-8-16(20)17(21)9-13/h7-9,14-15,18,20-21H,3-6,10-11H2,1-2H3/t14-,15+,18-/m0/s1. The zero-order valence-corrected chi connectivity index (χ0v) is 13.8. The minimum Gasteiger partial charge on any atom is -0.504 e. The zero-order valence-electron chi connectivity index (χ0n) is 13.8. The molecule has 1 fully saturated rings. The number of hydrogen-bond donors (Lipinski definition) is 2. The summed E-state index contributed by atoms with van der Waals surface area (Å²) in [5.74, 6) is -0.597. The molecule has 0 bridgehead atoms. The number of hydrogen-bond acceptors (Lipinski definition) is 5. The van der Waals surface area contributed by atoms with Gasteiger partial charge in [0.2, 0.25) is 0 Å². The first-order valence-electron chi connectivity index (χ1n) is 8.34. The number of phenols is 2. The molecule has 3 atom stereocenters. The lowest BCUT2D eigenvalue weighted by Gasteiger charge is -2.35. The zero-order chi connectivity index (χ0) is 16.8. The first-order valence-corrected chi connectivity index (χ1v) is 8.34. The maximum Gasteiger partial charge on any atom is 0.302 e. The van der Waals surface area contributed by atoms with Crippen molar-refractivity contribution in [3.05, 3.63) is 23.8 Å². The van der Waals surface area contributed by atoms with Crippen LogP contribution in [0.1, 0.15) is 64.0 Å². The van der Waals surface area contributed by atoms with Crippen LogP contribution in [0.4, 0.5) is 0 Å². The van der Waals surface area contributed by atoms with Crippen LogP contribution in [0.15, 0.2) is 18.2 Å². The first-order chi connectivity index (χ1) is 11.0. The van der Waals surface area contributed by atoms with E-state index in [1.807, 2.05) is 0 Å². The van der Waals surface area contributed by atoms with Crippen LogP contribution in [0.2, 0.25) is 0 Å². The van der Waals surface area contributed by atoms with Gasteiger partial charge in [0.15, 0.2) is 11.5 Å². The molecule has 2 N–H and O–H groups in total. The summed E-state index contributed by atoms with van der Waals surface area (Å²) < 4.78 is 11.5. The third kappa shape index (κ3) is 5.13. The summed E-state index contributed by atoms with van der Waals surface area (Å²) in [5, 5.41) is 19.1. The van der Waals surface area contributed by atoms with Crippen LogP contribution in [0.25, 0.3) is 0 Å². The van der Waals surface area contributed by atoms with Crippen LogP contribution in [0.3, 0.4) is 0 Å². The van der Waals surface area contributed by atoms with E-state index in [2.05, 4.69) is 6.92 Å². The molecule has 128 valence electrons. The smallest absolute Gasteiger partial charge is 0.302 e. The maximum atomic E-state index is 11.3. The number of rotatable bonds is 6. The van der Waals surface area contributed by atoms with E-state index in [0.29, 0.717) is 12.8 Å². The molecular weight excluding hydrogens is 296 g/mol. The van der Waals surface area contributed by atoms with Gasteiger partial charge in [0, 0.05) is 19.8 Å². The highest BCUT2D eigenvalue weighted by molar-refractivity contribution is 5.66. The van der Waals surface area contributed by atoms with Gasteiger partial charge in [0.05, 0.1) is 12.2 Å². The average molecular weight is 322 g/mol. The Labute approximate surface area is 137 Å². The van der Waals surface area contributed by atoms with E-state index in [1.165, 1.54) is 19.1 Å². The van der Waals surface area contributed by atoms with Crippen molar-refractivity contribution in [2.24, 2.45) is 0 Å². The second kappa shape index (κ2) is 8.20. The highest BCUT2D eigenvalue weighted by atomic mass is 16.6. The van der Waals surface area contributed by atoms with Crippen molar-refractivity contribution in [2.45, 2.75) is 70.7 Å². The van der Waals surface area contributed by atoms with E-state index in [4.69, 9.17) is 9.47 Å². The highest BCUT2D eigenvalue weighted by Gasteiger charge is 2.32. The van der Waals surface area contributed by atoms with Gasteiger partial charge in [-0.05, 0) is 24.1 Å². The van der Waals surface area contributed by atoms with Gasteiger partial charge in [-0.2, -0.15) is 0 Å². The molecule has 1 aromatic carbocycles. The van der Waals surface area contributed by atoms with Gasteiger partial charge >= 0.3 is 5.97 Å². The number of phenolic OH excluding ortho intramolecular Hbond substituents is 2. The Morgan fingerprint density at radius 3 is 2.70 bits per heavy atom. The van der Waals surface area contributed by atoms with Crippen molar-refractivity contribution < 1.29 is 24.5 Å². The summed E-state index contributed by atoms with van der Waals surface area (Å²) in [5.41, 5.74) is 0.789. The van der Waals surface area contributed by atoms with Crippen LogP contribution in [0, 0.1) is 0 Å². The van der Waals surface area contributed by atoms with Crippen molar-refractivity contribution >= 4 is 5.97 Å². The van der Waals surface area contributed by atoms with Crippen LogP contribution in [0.5, 0.6) is 11.5 Å². The quantitative estimate of drug-likeness (QED) is 0.473. The lowest BCUT2D eigenvalue weighted by atomic mass is 9.93. The molecule has 1 heterocycles. The fraction of sp³-hybridized carbons (Fsp3) is 0.611. The molecule has 1 aliphatic heterocycles. The van der Waals surface area contributed by atoms with Gasteiger partial charge in [0.25, 0.3) is 0 Å². The minimum absolute atomic E-state index is 0.0422. The van der Waals surface area contributed by atoms with Gasteiger partial charge in [-0.3, -0.25) is 4.79 Å². The van der Waals surface area contributed by atoms with Gasteiger partial charge in [-0.15, -0.1) is 0 Å². The summed E-state index contributed by atoms with van der Waals surface area (Å²) in [7, 11) is 0. The number of carbonyl (C=O) groups excluding carboxylic acids is 1. The molecule has 23 heavy (non-hydrogen) atoms. The summed E-state index contributed by atoms with van der Waals surface area (Å²) >= 11 is 0. The molecule has 1 aromatic rings. The van der Waals surface area contributed by atoms with Crippen molar-refractivity contribution in [3.63, 3.8) is 0 Å². The van der Waals surface area contributed by atoms with E-state index in [1.54, 1.807) is 6.07 Å². The second-order valence-corrected chi connectivity index (χ2v) is 6.19. The van der Waals surface area contributed by atoms with Gasteiger partial charge in [0.1, 0.15) is 6.10 Å². The Balaban J connectivity index is 2.09. The number of benzene rings is 1. The molecule has 0 radical (unpaired) electrons. The molecule has 0 aliphatic carbocycles. The minimum atomic E-state index is -0.281. The topological polar surface area (TPSA) is 76.0 Å². The predicted octanol–water partition coefficient (Wildman–Crippen LogP) is 3.83. The third-order valence-electron chi connectivity index (χ3n) is 4.19. The molecule has 5 nitrogen and oxygen atoms in total. The molecule has 0 amide bonds. The van der Waals surface area contributed by atoms with Crippen molar-refractivity contribution in [2.75, 3.05) is 0 Å². The summed E-state index contributed by atoms with van der Waals surface area (Å²) in [6.07, 6.45) is 5.23. The van der Waals surface area contributed by atoms with Crippen molar-refractivity contribution in [1.82, 2.24) is 0 Å². The Hall–Kier alpha value is -1.75. The highest BCUT2D eigenvalue weighted by Crippen LogP contribution is 2.37. The van der Waals surface area contributed by atoms with Gasteiger partial charge < -0.3 is 19.7 Å². The van der Waals surface area contributed by atoms with E-state index in [9.17, 15) is 15.0 Å². The number of ether oxygens (including phenoxy) is 2. The van der Waals surface area contributed by atoms with Crippen molar-refractivity contribution in [3.8, 4) is 11.5 Å². The SMILES string of the molecule is CCCCC[C@H]1C[C@@H](OC(C)=O)C[C@@H](c2ccc(O)c(O)c2)O1. The second-order valence-electron chi connectivity index (χ2n) is 6.19. The molecule has 1 saturated heterocycles. The van der Waals surface area contributed by atoms with Crippen LogP contribution >= 0.6 is 0 Å². The van der Waals surface area contributed by atoms with Gasteiger partial charge in [-0.25, -0.2) is 0 Å². The Kier molecular flexibility index (Phi) is 6.28. The van der Waals surface area contributed by atoms with E-state index < -0.39 is 0 Å². The van der Waals surface area contributed by atoms with Crippen LogP contribution in [-0.4, -0.2) is 28.4 Å². The van der Waals surface area contributed by atoms with E-state index >= 15 is 0 Å². The third-order valence-corrected chi connectivity index (χ3v) is 4.19. The van der Waals surface area contributed by atoms with Gasteiger partial charge in [-0.1, -0.05) is 32.3 Å². The summed E-state index contributed by atoms with van der Waals surface area (Å²) in [4.78, 5) is 11.3. The lowest BCUT2D eigenvalue weighted by molar-refractivity contribution is -0.160. The van der Waals surface area contributed by atoms with E-state index in [-0.39, 0.29) is 35.8 Å². The number of aromatic hydroxyl groups is 2. The molecule has 2 rings (SSSR count). The van der Waals surface area contributed by atoms with Crippen molar-refractivity contribution in [1.29, 1.82) is 0 Å². The number of esters is 1. The maximum absolute atomic E-state index is 11.3. The molecule has 0 aromatic heterocycles.